The predicted molar refractivity (Wildman–Crippen MR) is 113 cm³/mol. The Labute approximate surface area is 172 Å². The van der Waals surface area contributed by atoms with E-state index in [2.05, 4.69) is 16.1 Å². The molecule has 0 bridgehead atoms. The standard InChI is InChI=1S/C23H21N3O4/c1-3-30-23(28)20-13-24-21-19(14-25-26(21)22(20)27)17-9-7-15(8-10-17)11-16-5-4-6-18(12-16)29-2/h4-10,12-14,25H,3,11H2,1-2H3. The zero-order valence-corrected chi connectivity index (χ0v) is 16.7. The number of methoxy groups -OCH3 is 1. The fourth-order valence-electron chi connectivity index (χ4n) is 3.34. The maximum Gasteiger partial charge on any atom is 0.345 e. The lowest BCUT2D eigenvalue weighted by Gasteiger charge is -2.06. The number of nitrogens with zero attached hydrogens (tertiary/aromatic N) is 2. The van der Waals surface area contributed by atoms with Crippen molar-refractivity contribution in [3.05, 3.63) is 88.0 Å². The summed E-state index contributed by atoms with van der Waals surface area (Å²) < 4.78 is 11.4. The van der Waals surface area contributed by atoms with Crippen molar-refractivity contribution in [1.29, 1.82) is 0 Å². The van der Waals surface area contributed by atoms with Crippen LogP contribution in [0.4, 0.5) is 0 Å². The minimum atomic E-state index is -0.678. The van der Waals surface area contributed by atoms with E-state index in [0.717, 1.165) is 34.4 Å². The fourth-order valence-corrected chi connectivity index (χ4v) is 3.34. The summed E-state index contributed by atoms with van der Waals surface area (Å²) in [6.45, 7) is 1.88. The first kappa shape index (κ1) is 19.4. The zero-order chi connectivity index (χ0) is 21.1. The Balaban J connectivity index is 1.62. The molecule has 4 rings (SSSR count). The second-order valence-corrected chi connectivity index (χ2v) is 6.77. The summed E-state index contributed by atoms with van der Waals surface area (Å²) in [5, 5.41) is 2.88. The molecule has 2 heterocycles. The van der Waals surface area contributed by atoms with Gasteiger partial charge in [0.1, 0.15) is 11.3 Å². The van der Waals surface area contributed by atoms with E-state index in [1.54, 1.807) is 20.2 Å². The van der Waals surface area contributed by atoms with E-state index < -0.39 is 11.5 Å². The first-order valence-electron chi connectivity index (χ1n) is 9.59. The van der Waals surface area contributed by atoms with E-state index in [1.807, 2.05) is 42.5 Å². The van der Waals surface area contributed by atoms with Crippen LogP contribution in [0.3, 0.4) is 0 Å². The normalized spacial score (nSPS) is 10.9. The Hall–Kier alpha value is -3.87. The number of fused-ring (bicyclic) bond motifs is 1. The van der Waals surface area contributed by atoms with Gasteiger partial charge < -0.3 is 9.47 Å². The number of aromatic nitrogens is 3. The maximum absolute atomic E-state index is 12.6. The van der Waals surface area contributed by atoms with Crippen LogP contribution in [0.1, 0.15) is 28.4 Å². The number of nitrogens with one attached hydrogen (secondary N) is 1. The third-order valence-corrected chi connectivity index (χ3v) is 4.84. The van der Waals surface area contributed by atoms with Crippen molar-refractivity contribution in [2.45, 2.75) is 13.3 Å². The van der Waals surface area contributed by atoms with Crippen molar-refractivity contribution >= 4 is 11.6 Å². The summed E-state index contributed by atoms with van der Waals surface area (Å²) in [5.74, 6) is 0.157. The van der Waals surface area contributed by atoms with Crippen LogP contribution < -0.4 is 10.3 Å². The van der Waals surface area contributed by atoms with Gasteiger partial charge in [-0.15, -0.1) is 0 Å². The molecule has 0 aliphatic carbocycles. The van der Waals surface area contributed by atoms with Gasteiger partial charge in [0, 0.05) is 18.0 Å². The van der Waals surface area contributed by atoms with Gasteiger partial charge in [0.05, 0.1) is 13.7 Å². The zero-order valence-electron chi connectivity index (χ0n) is 16.7. The molecular formula is C23H21N3O4. The second kappa shape index (κ2) is 8.24. The molecule has 0 aliphatic heterocycles. The van der Waals surface area contributed by atoms with Crippen LogP contribution in [-0.4, -0.2) is 34.3 Å². The van der Waals surface area contributed by atoms with Gasteiger partial charge in [-0.05, 0) is 42.2 Å². The molecule has 0 atom stereocenters. The summed E-state index contributed by atoms with van der Waals surface area (Å²) in [6, 6.07) is 16.0. The lowest BCUT2D eigenvalue weighted by Crippen LogP contribution is -2.24. The number of ether oxygens (including phenoxy) is 2. The van der Waals surface area contributed by atoms with Crippen LogP contribution in [0.2, 0.25) is 0 Å². The topological polar surface area (TPSA) is 85.7 Å². The summed E-state index contributed by atoms with van der Waals surface area (Å²) >= 11 is 0. The average molecular weight is 403 g/mol. The number of rotatable bonds is 6. The molecule has 4 aromatic rings. The summed E-state index contributed by atoms with van der Waals surface area (Å²) in [5.41, 5.74) is 3.87. The van der Waals surface area contributed by atoms with Crippen molar-refractivity contribution in [3.63, 3.8) is 0 Å². The third kappa shape index (κ3) is 3.69. The number of H-pyrrole nitrogens is 1. The quantitative estimate of drug-likeness (QED) is 0.498. The minimum Gasteiger partial charge on any atom is -0.497 e. The third-order valence-electron chi connectivity index (χ3n) is 4.84. The van der Waals surface area contributed by atoms with Gasteiger partial charge >= 0.3 is 5.97 Å². The van der Waals surface area contributed by atoms with Crippen molar-refractivity contribution in [2.24, 2.45) is 0 Å². The molecule has 2 aromatic heterocycles. The first-order chi connectivity index (χ1) is 14.6. The SMILES string of the molecule is CCOC(=O)c1cnc2c(-c3ccc(Cc4cccc(OC)c4)cc3)c[nH]n2c1=O. The van der Waals surface area contributed by atoms with E-state index in [4.69, 9.17) is 9.47 Å². The van der Waals surface area contributed by atoms with E-state index in [1.165, 1.54) is 10.7 Å². The Morgan fingerprint density at radius 3 is 2.67 bits per heavy atom. The summed E-state index contributed by atoms with van der Waals surface area (Å²) in [4.78, 5) is 28.8. The molecule has 152 valence electrons. The van der Waals surface area contributed by atoms with Crippen LogP contribution in [-0.2, 0) is 11.2 Å². The molecule has 0 radical (unpaired) electrons. The highest BCUT2D eigenvalue weighted by Crippen LogP contribution is 2.24. The molecule has 1 N–H and O–H groups in total. The molecule has 0 saturated carbocycles. The lowest BCUT2D eigenvalue weighted by atomic mass is 10.0. The number of aromatic amines is 1. The number of carbonyl (C=O) groups is 1. The fraction of sp³-hybridized carbons (Fsp3) is 0.174. The largest absolute Gasteiger partial charge is 0.497 e. The van der Waals surface area contributed by atoms with E-state index in [9.17, 15) is 9.59 Å². The predicted octanol–water partition coefficient (Wildman–Crippen LogP) is 3.47. The second-order valence-electron chi connectivity index (χ2n) is 6.77. The number of esters is 1. The van der Waals surface area contributed by atoms with Crippen LogP contribution in [0, 0.1) is 0 Å². The Bertz CT molecular complexity index is 1260. The molecule has 30 heavy (non-hydrogen) atoms. The molecule has 0 fully saturated rings. The highest BCUT2D eigenvalue weighted by Gasteiger charge is 2.17. The average Bonchev–Trinajstić information content (AvgIpc) is 3.20. The summed E-state index contributed by atoms with van der Waals surface area (Å²) in [7, 11) is 1.66. The van der Waals surface area contributed by atoms with Gasteiger partial charge in [-0.1, -0.05) is 36.4 Å². The molecule has 0 saturated heterocycles. The molecule has 0 spiro atoms. The van der Waals surface area contributed by atoms with Gasteiger partial charge in [-0.2, -0.15) is 0 Å². The van der Waals surface area contributed by atoms with Crippen molar-refractivity contribution < 1.29 is 14.3 Å². The molecule has 0 aliphatic rings. The highest BCUT2D eigenvalue weighted by atomic mass is 16.5. The van der Waals surface area contributed by atoms with Crippen molar-refractivity contribution in [2.75, 3.05) is 13.7 Å². The first-order valence-corrected chi connectivity index (χ1v) is 9.59. The molecule has 7 heteroatoms. The molecule has 7 nitrogen and oxygen atoms in total. The Kier molecular flexibility index (Phi) is 5.34. The van der Waals surface area contributed by atoms with Gasteiger partial charge in [-0.25, -0.2) is 14.3 Å². The van der Waals surface area contributed by atoms with Gasteiger partial charge in [0.15, 0.2) is 5.65 Å². The Morgan fingerprint density at radius 2 is 1.93 bits per heavy atom. The van der Waals surface area contributed by atoms with E-state index in [0.29, 0.717) is 5.65 Å². The number of hydrogen-bond donors (Lipinski definition) is 1. The van der Waals surface area contributed by atoms with Crippen LogP contribution in [0.25, 0.3) is 16.8 Å². The van der Waals surface area contributed by atoms with Crippen LogP contribution in [0.5, 0.6) is 5.75 Å². The Morgan fingerprint density at radius 1 is 1.13 bits per heavy atom. The molecule has 2 aromatic carbocycles. The number of carbonyl (C=O) groups excluding carboxylic acids is 1. The number of hydrogen-bond acceptors (Lipinski definition) is 5. The maximum atomic E-state index is 12.6. The van der Waals surface area contributed by atoms with Crippen LogP contribution >= 0.6 is 0 Å². The smallest absolute Gasteiger partial charge is 0.345 e. The minimum absolute atomic E-state index is 0.101. The van der Waals surface area contributed by atoms with Crippen molar-refractivity contribution in [1.82, 2.24) is 14.6 Å². The van der Waals surface area contributed by atoms with Gasteiger partial charge in [-0.3, -0.25) is 9.89 Å². The lowest BCUT2D eigenvalue weighted by molar-refractivity contribution is 0.0523. The van der Waals surface area contributed by atoms with E-state index >= 15 is 0 Å². The highest BCUT2D eigenvalue weighted by molar-refractivity contribution is 5.89. The number of benzene rings is 2. The van der Waals surface area contributed by atoms with E-state index in [-0.39, 0.29) is 12.2 Å². The van der Waals surface area contributed by atoms with Crippen molar-refractivity contribution in [3.8, 4) is 16.9 Å². The van der Waals surface area contributed by atoms with Gasteiger partial charge in [0.25, 0.3) is 5.56 Å². The monoisotopic (exact) mass is 403 g/mol. The summed E-state index contributed by atoms with van der Waals surface area (Å²) in [6.07, 6.45) is 3.76. The van der Waals surface area contributed by atoms with Crippen LogP contribution in [0.15, 0.2) is 65.7 Å². The molecular weight excluding hydrogens is 382 g/mol. The van der Waals surface area contributed by atoms with Gasteiger partial charge in [0.2, 0.25) is 0 Å². The molecule has 0 amide bonds. The molecule has 0 unspecified atom stereocenters.